The van der Waals surface area contributed by atoms with Crippen LogP contribution in [0.1, 0.15) is 45.4 Å². The number of rotatable bonds is 9. The fraction of sp³-hybridized carbons (Fsp3) is 1.00. The molecular weight excluding hydrogens is 220 g/mol. The van der Waals surface area contributed by atoms with Crippen molar-refractivity contribution >= 4 is 0 Å². The van der Waals surface area contributed by atoms with Gasteiger partial charge in [0.1, 0.15) is 0 Å². The molecule has 1 fully saturated rings. The molecule has 1 rings (SSSR count). The molecule has 0 bridgehead atoms. The van der Waals surface area contributed by atoms with Gasteiger partial charge in [-0.1, -0.05) is 19.8 Å². The number of hydrogen-bond donors (Lipinski definition) is 2. The summed E-state index contributed by atoms with van der Waals surface area (Å²) in [5.41, 5.74) is 0. The van der Waals surface area contributed by atoms with Crippen LogP contribution in [0.5, 0.6) is 0 Å². The minimum Gasteiger partial charge on any atom is -0.394 e. The lowest BCUT2D eigenvalue weighted by molar-refractivity contribution is 0.000750. The summed E-state index contributed by atoms with van der Waals surface area (Å²) in [4.78, 5) is 0. The molecule has 104 valence electrons. The van der Waals surface area contributed by atoms with Crippen molar-refractivity contribution in [2.24, 2.45) is 0 Å². The van der Waals surface area contributed by atoms with Gasteiger partial charge in [-0.3, -0.25) is 0 Å². The van der Waals surface area contributed by atoms with Crippen molar-refractivity contribution in [1.29, 1.82) is 0 Å². The number of hydrogen-bond acceptors (Lipinski definition) is 4. The molecule has 0 aromatic heterocycles. The van der Waals surface area contributed by atoms with E-state index in [2.05, 4.69) is 11.7 Å². The predicted octanol–water partition coefficient (Wildman–Crippen LogP) is 1.73. The SMILES string of the molecule is CCCCCOC1CCC1.OCCOCCO. The summed E-state index contributed by atoms with van der Waals surface area (Å²) in [7, 11) is 0. The Balaban J connectivity index is 0.000000325. The molecule has 1 aliphatic carbocycles. The molecule has 4 nitrogen and oxygen atoms in total. The second-order valence-corrected chi connectivity index (χ2v) is 4.19. The van der Waals surface area contributed by atoms with Crippen molar-refractivity contribution in [3.05, 3.63) is 0 Å². The van der Waals surface area contributed by atoms with Gasteiger partial charge >= 0.3 is 0 Å². The summed E-state index contributed by atoms with van der Waals surface area (Å²) >= 11 is 0. The summed E-state index contributed by atoms with van der Waals surface area (Å²) in [6.45, 7) is 3.92. The maximum absolute atomic E-state index is 8.09. The van der Waals surface area contributed by atoms with Crippen LogP contribution in [0.25, 0.3) is 0 Å². The zero-order valence-corrected chi connectivity index (χ0v) is 11.1. The first-order valence-corrected chi connectivity index (χ1v) is 6.76. The highest BCUT2D eigenvalue weighted by molar-refractivity contribution is 4.68. The van der Waals surface area contributed by atoms with Gasteiger partial charge in [0, 0.05) is 6.61 Å². The van der Waals surface area contributed by atoms with Crippen LogP contribution in [0.15, 0.2) is 0 Å². The fourth-order valence-corrected chi connectivity index (χ4v) is 1.37. The van der Waals surface area contributed by atoms with Gasteiger partial charge in [0.05, 0.1) is 32.5 Å². The van der Waals surface area contributed by atoms with Gasteiger partial charge in [0.25, 0.3) is 0 Å². The molecule has 0 aromatic carbocycles. The van der Waals surface area contributed by atoms with Gasteiger partial charge < -0.3 is 19.7 Å². The molecule has 0 amide bonds. The van der Waals surface area contributed by atoms with Crippen LogP contribution < -0.4 is 0 Å². The number of aliphatic hydroxyl groups excluding tert-OH is 2. The van der Waals surface area contributed by atoms with Crippen LogP contribution in [0.2, 0.25) is 0 Å². The first-order chi connectivity index (χ1) is 8.35. The molecule has 0 aromatic rings. The molecule has 0 aliphatic heterocycles. The summed E-state index contributed by atoms with van der Waals surface area (Å²) in [6.07, 6.45) is 8.53. The number of aliphatic hydroxyl groups is 2. The average molecular weight is 248 g/mol. The molecule has 0 heterocycles. The van der Waals surface area contributed by atoms with Crippen molar-refractivity contribution in [3.63, 3.8) is 0 Å². The largest absolute Gasteiger partial charge is 0.394 e. The van der Waals surface area contributed by atoms with E-state index in [1.54, 1.807) is 0 Å². The minimum absolute atomic E-state index is 0.0278. The first kappa shape index (κ1) is 16.8. The molecule has 17 heavy (non-hydrogen) atoms. The van der Waals surface area contributed by atoms with Gasteiger partial charge in [0.15, 0.2) is 0 Å². The maximum Gasteiger partial charge on any atom is 0.0698 e. The first-order valence-electron chi connectivity index (χ1n) is 6.76. The molecular formula is C13H28O4. The van der Waals surface area contributed by atoms with Gasteiger partial charge in [-0.2, -0.15) is 0 Å². The summed E-state index contributed by atoms with van der Waals surface area (Å²) in [5, 5.41) is 16.2. The Morgan fingerprint density at radius 2 is 1.65 bits per heavy atom. The minimum atomic E-state index is 0.0278. The van der Waals surface area contributed by atoms with Crippen molar-refractivity contribution in [3.8, 4) is 0 Å². The molecule has 2 N–H and O–H groups in total. The van der Waals surface area contributed by atoms with Crippen LogP contribution in [-0.2, 0) is 9.47 Å². The third-order valence-corrected chi connectivity index (χ3v) is 2.62. The van der Waals surface area contributed by atoms with Crippen LogP contribution in [-0.4, -0.2) is 49.4 Å². The van der Waals surface area contributed by atoms with Crippen molar-refractivity contribution in [2.75, 3.05) is 33.0 Å². The van der Waals surface area contributed by atoms with E-state index in [-0.39, 0.29) is 13.2 Å². The monoisotopic (exact) mass is 248 g/mol. The molecule has 0 saturated heterocycles. The Bertz CT molecular complexity index is 133. The molecule has 0 atom stereocenters. The second kappa shape index (κ2) is 13.9. The Morgan fingerprint density at radius 3 is 2.06 bits per heavy atom. The Kier molecular flexibility index (Phi) is 13.8. The van der Waals surface area contributed by atoms with Gasteiger partial charge in [-0.15, -0.1) is 0 Å². The molecule has 0 spiro atoms. The van der Waals surface area contributed by atoms with E-state index in [9.17, 15) is 0 Å². The lowest BCUT2D eigenvalue weighted by Gasteiger charge is -2.25. The molecule has 0 radical (unpaired) electrons. The second-order valence-electron chi connectivity index (χ2n) is 4.19. The topological polar surface area (TPSA) is 58.9 Å². The van der Waals surface area contributed by atoms with E-state index in [4.69, 9.17) is 14.9 Å². The molecule has 1 aliphatic rings. The third kappa shape index (κ3) is 12.1. The summed E-state index contributed by atoms with van der Waals surface area (Å²) < 4.78 is 10.2. The normalized spacial score (nSPS) is 15.0. The Morgan fingerprint density at radius 1 is 1.00 bits per heavy atom. The Hall–Kier alpha value is -0.160. The van der Waals surface area contributed by atoms with Crippen molar-refractivity contribution < 1.29 is 19.7 Å². The van der Waals surface area contributed by atoms with Crippen LogP contribution in [0.4, 0.5) is 0 Å². The standard InChI is InChI=1S/C9H18O.C4H10O3/c1-2-3-4-8-10-9-6-5-7-9;5-1-3-7-4-2-6/h9H,2-8H2,1H3;5-6H,1-4H2. The van der Waals surface area contributed by atoms with Crippen LogP contribution in [0, 0.1) is 0 Å². The Labute approximate surface area is 105 Å². The fourth-order valence-electron chi connectivity index (χ4n) is 1.37. The lowest BCUT2D eigenvalue weighted by Crippen LogP contribution is -2.21. The predicted molar refractivity (Wildman–Crippen MR) is 68.1 cm³/mol. The quantitative estimate of drug-likeness (QED) is 0.610. The van der Waals surface area contributed by atoms with E-state index in [0.717, 1.165) is 6.61 Å². The zero-order chi connectivity index (χ0) is 12.8. The highest BCUT2D eigenvalue weighted by Gasteiger charge is 2.16. The van der Waals surface area contributed by atoms with Crippen molar-refractivity contribution in [1.82, 2.24) is 0 Å². The zero-order valence-electron chi connectivity index (χ0n) is 11.1. The van der Waals surface area contributed by atoms with E-state index < -0.39 is 0 Å². The van der Waals surface area contributed by atoms with Gasteiger partial charge in [-0.05, 0) is 25.7 Å². The van der Waals surface area contributed by atoms with Crippen molar-refractivity contribution in [2.45, 2.75) is 51.6 Å². The van der Waals surface area contributed by atoms with Gasteiger partial charge in [0.2, 0.25) is 0 Å². The number of unbranched alkanes of at least 4 members (excludes halogenated alkanes) is 2. The van der Waals surface area contributed by atoms with Crippen LogP contribution >= 0.6 is 0 Å². The summed E-state index contributed by atoms with van der Waals surface area (Å²) in [5.74, 6) is 0. The van der Waals surface area contributed by atoms with Gasteiger partial charge in [-0.25, -0.2) is 0 Å². The van der Waals surface area contributed by atoms with E-state index in [1.165, 1.54) is 38.5 Å². The lowest BCUT2D eigenvalue weighted by atomic mass is 9.96. The third-order valence-electron chi connectivity index (χ3n) is 2.62. The highest BCUT2D eigenvalue weighted by atomic mass is 16.5. The highest BCUT2D eigenvalue weighted by Crippen LogP contribution is 2.21. The average Bonchev–Trinajstić information content (AvgIpc) is 2.28. The smallest absolute Gasteiger partial charge is 0.0698 e. The molecule has 0 unspecified atom stereocenters. The number of ether oxygens (including phenoxy) is 2. The van der Waals surface area contributed by atoms with E-state index >= 15 is 0 Å². The van der Waals surface area contributed by atoms with E-state index in [0.29, 0.717) is 19.3 Å². The summed E-state index contributed by atoms with van der Waals surface area (Å²) in [6, 6.07) is 0. The van der Waals surface area contributed by atoms with E-state index in [1.807, 2.05) is 0 Å². The maximum atomic E-state index is 8.09. The van der Waals surface area contributed by atoms with Crippen LogP contribution in [0.3, 0.4) is 0 Å². The molecule has 4 heteroatoms. The molecule has 1 saturated carbocycles.